The number of rotatable bonds is 4. The van der Waals surface area contributed by atoms with Crippen molar-refractivity contribution in [3.63, 3.8) is 0 Å². The Hall–Kier alpha value is -1.04. The Bertz CT molecular complexity index is 406. The molecule has 98 valence electrons. The average Bonchev–Trinajstić information content (AvgIpc) is 2.45. The van der Waals surface area contributed by atoms with Crippen LogP contribution in [0.1, 0.15) is 10.4 Å². The number of thioether (sulfide) groups is 1. The molecule has 1 heterocycles. The van der Waals surface area contributed by atoms with Gasteiger partial charge in [0.05, 0.1) is 18.3 Å². The van der Waals surface area contributed by atoms with Gasteiger partial charge in [-0.2, -0.15) is 0 Å². The zero-order chi connectivity index (χ0) is 12.8. The molecule has 0 aliphatic carbocycles. The van der Waals surface area contributed by atoms with E-state index in [1.165, 1.54) is 0 Å². The first-order chi connectivity index (χ1) is 8.81. The molecular formula is C13H18N2O2S. The predicted molar refractivity (Wildman–Crippen MR) is 73.2 cm³/mol. The maximum absolute atomic E-state index is 12.1. The minimum atomic E-state index is -0.0332. The van der Waals surface area contributed by atoms with E-state index in [-0.39, 0.29) is 12.0 Å². The van der Waals surface area contributed by atoms with Crippen molar-refractivity contribution in [3.8, 4) is 0 Å². The molecule has 1 amide bonds. The predicted octanol–water partition coefficient (Wildman–Crippen LogP) is 1.13. The summed E-state index contributed by atoms with van der Waals surface area (Å²) >= 11 is 1.58. The molecule has 1 aliphatic heterocycles. The quantitative estimate of drug-likeness (QED) is 0.802. The van der Waals surface area contributed by atoms with Gasteiger partial charge in [-0.3, -0.25) is 4.79 Å². The van der Waals surface area contributed by atoms with Crippen LogP contribution in [0.5, 0.6) is 0 Å². The highest BCUT2D eigenvalue weighted by Gasteiger charge is 2.16. The Kier molecular flexibility index (Phi) is 5.04. The number of hydrogen-bond donors (Lipinski definition) is 2. The minimum Gasteiger partial charge on any atom is -0.374 e. The first-order valence-electron chi connectivity index (χ1n) is 6.05. The van der Waals surface area contributed by atoms with Crippen LogP contribution in [0.3, 0.4) is 0 Å². The Morgan fingerprint density at radius 1 is 1.56 bits per heavy atom. The van der Waals surface area contributed by atoms with Gasteiger partial charge in [-0.05, 0) is 18.4 Å². The number of nitrogens with one attached hydrogen (secondary N) is 2. The monoisotopic (exact) mass is 266 g/mol. The molecule has 1 aliphatic rings. The SMILES string of the molecule is CSc1ccccc1C(=O)NCC1CNCCO1. The molecule has 2 rings (SSSR count). The second-order valence-corrected chi connectivity index (χ2v) is 4.96. The van der Waals surface area contributed by atoms with Crippen LogP contribution >= 0.6 is 11.8 Å². The molecule has 5 heteroatoms. The maximum Gasteiger partial charge on any atom is 0.252 e. The van der Waals surface area contributed by atoms with Gasteiger partial charge in [-0.1, -0.05) is 12.1 Å². The molecule has 1 aromatic rings. The van der Waals surface area contributed by atoms with E-state index in [0.29, 0.717) is 13.2 Å². The van der Waals surface area contributed by atoms with Crippen molar-refractivity contribution in [2.24, 2.45) is 0 Å². The van der Waals surface area contributed by atoms with E-state index in [2.05, 4.69) is 10.6 Å². The summed E-state index contributed by atoms with van der Waals surface area (Å²) in [5.41, 5.74) is 0.730. The van der Waals surface area contributed by atoms with Gasteiger partial charge >= 0.3 is 0 Å². The lowest BCUT2D eigenvalue weighted by Gasteiger charge is -2.23. The molecule has 0 saturated carbocycles. The first-order valence-corrected chi connectivity index (χ1v) is 7.27. The molecule has 4 nitrogen and oxygen atoms in total. The first kappa shape index (κ1) is 13.4. The number of carbonyl (C=O) groups excluding carboxylic acids is 1. The topological polar surface area (TPSA) is 50.4 Å². The third-order valence-electron chi connectivity index (χ3n) is 2.85. The molecule has 1 saturated heterocycles. The summed E-state index contributed by atoms with van der Waals surface area (Å²) in [6.45, 7) is 2.95. The highest BCUT2D eigenvalue weighted by molar-refractivity contribution is 7.98. The summed E-state index contributed by atoms with van der Waals surface area (Å²) in [7, 11) is 0. The van der Waals surface area contributed by atoms with E-state index in [1.807, 2.05) is 30.5 Å². The Balaban J connectivity index is 1.90. The van der Waals surface area contributed by atoms with E-state index in [4.69, 9.17) is 4.74 Å². The average molecular weight is 266 g/mol. The van der Waals surface area contributed by atoms with Crippen molar-refractivity contribution >= 4 is 17.7 Å². The van der Waals surface area contributed by atoms with Crippen LogP contribution < -0.4 is 10.6 Å². The van der Waals surface area contributed by atoms with Crippen molar-refractivity contribution < 1.29 is 9.53 Å². The summed E-state index contributed by atoms with van der Waals surface area (Å²) in [5.74, 6) is -0.0332. The summed E-state index contributed by atoms with van der Waals surface area (Å²) in [6.07, 6.45) is 2.05. The van der Waals surface area contributed by atoms with Crippen molar-refractivity contribution in [2.75, 3.05) is 32.5 Å². The van der Waals surface area contributed by atoms with Gasteiger partial charge in [0, 0.05) is 24.5 Å². The number of hydrogen-bond acceptors (Lipinski definition) is 4. The van der Waals surface area contributed by atoms with Gasteiger partial charge < -0.3 is 15.4 Å². The third-order valence-corrected chi connectivity index (χ3v) is 3.64. The molecule has 0 spiro atoms. The van der Waals surface area contributed by atoms with E-state index < -0.39 is 0 Å². The van der Waals surface area contributed by atoms with Gasteiger partial charge in [0.1, 0.15) is 0 Å². The lowest BCUT2D eigenvalue weighted by Crippen LogP contribution is -2.45. The molecule has 0 radical (unpaired) electrons. The van der Waals surface area contributed by atoms with Gasteiger partial charge in [-0.25, -0.2) is 0 Å². The molecule has 0 bridgehead atoms. The maximum atomic E-state index is 12.1. The van der Waals surface area contributed by atoms with E-state index >= 15 is 0 Å². The summed E-state index contributed by atoms with van der Waals surface area (Å²) in [6, 6.07) is 7.63. The summed E-state index contributed by atoms with van der Waals surface area (Å²) in [5, 5.41) is 6.17. The molecule has 1 atom stereocenters. The van der Waals surface area contributed by atoms with Crippen LogP contribution in [0.2, 0.25) is 0 Å². The zero-order valence-electron chi connectivity index (χ0n) is 10.4. The molecule has 1 unspecified atom stereocenters. The number of morpholine rings is 1. The van der Waals surface area contributed by atoms with Crippen molar-refractivity contribution in [1.29, 1.82) is 0 Å². The van der Waals surface area contributed by atoms with Gasteiger partial charge in [0.2, 0.25) is 0 Å². The summed E-state index contributed by atoms with van der Waals surface area (Å²) < 4.78 is 5.54. The van der Waals surface area contributed by atoms with Crippen LogP contribution in [0.15, 0.2) is 29.2 Å². The molecule has 18 heavy (non-hydrogen) atoms. The fraction of sp³-hybridized carbons (Fsp3) is 0.462. The second kappa shape index (κ2) is 6.78. The van der Waals surface area contributed by atoms with E-state index in [9.17, 15) is 4.79 Å². The molecule has 0 aromatic heterocycles. The fourth-order valence-corrected chi connectivity index (χ4v) is 2.48. The largest absolute Gasteiger partial charge is 0.374 e. The van der Waals surface area contributed by atoms with Crippen LogP contribution in [0.25, 0.3) is 0 Å². The molecule has 1 fully saturated rings. The normalized spacial score (nSPS) is 19.5. The van der Waals surface area contributed by atoms with E-state index in [0.717, 1.165) is 23.5 Å². The minimum absolute atomic E-state index is 0.0332. The smallest absolute Gasteiger partial charge is 0.252 e. The molecular weight excluding hydrogens is 248 g/mol. The summed E-state index contributed by atoms with van der Waals surface area (Å²) in [4.78, 5) is 13.1. The van der Waals surface area contributed by atoms with Crippen molar-refractivity contribution in [3.05, 3.63) is 29.8 Å². The van der Waals surface area contributed by atoms with E-state index in [1.54, 1.807) is 11.8 Å². The Labute approximate surface area is 111 Å². The lowest BCUT2D eigenvalue weighted by molar-refractivity contribution is 0.0287. The van der Waals surface area contributed by atoms with Crippen LogP contribution in [-0.2, 0) is 4.74 Å². The number of carbonyl (C=O) groups is 1. The van der Waals surface area contributed by atoms with Gasteiger partial charge in [0.25, 0.3) is 5.91 Å². The second-order valence-electron chi connectivity index (χ2n) is 4.11. The van der Waals surface area contributed by atoms with Crippen LogP contribution in [-0.4, -0.2) is 44.5 Å². The number of benzene rings is 1. The highest BCUT2D eigenvalue weighted by Crippen LogP contribution is 2.19. The standard InChI is InChI=1S/C13H18N2O2S/c1-18-12-5-3-2-4-11(12)13(16)15-9-10-8-14-6-7-17-10/h2-5,10,14H,6-9H2,1H3,(H,15,16). The number of amides is 1. The Morgan fingerprint density at radius 3 is 3.11 bits per heavy atom. The van der Waals surface area contributed by atoms with Gasteiger partial charge in [0.15, 0.2) is 0 Å². The van der Waals surface area contributed by atoms with Crippen molar-refractivity contribution in [1.82, 2.24) is 10.6 Å². The number of ether oxygens (including phenoxy) is 1. The third kappa shape index (κ3) is 3.48. The van der Waals surface area contributed by atoms with Crippen molar-refractivity contribution in [2.45, 2.75) is 11.0 Å². The van der Waals surface area contributed by atoms with Gasteiger partial charge in [-0.15, -0.1) is 11.8 Å². The lowest BCUT2D eigenvalue weighted by atomic mass is 10.2. The van der Waals surface area contributed by atoms with Crippen LogP contribution in [0.4, 0.5) is 0 Å². The highest BCUT2D eigenvalue weighted by atomic mass is 32.2. The fourth-order valence-electron chi connectivity index (χ4n) is 1.88. The van der Waals surface area contributed by atoms with Crippen LogP contribution in [0, 0.1) is 0 Å². The Morgan fingerprint density at radius 2 is 2.39 bits per heavy atom. The zero-order valence-corrected chi connectivity index (χ0v) is 11.3. The molecule has 2 N–H and O–H groups in total. The molecule has 1 aromatic carbocycles.